The second-order valence-corrected chi connectivity index (χ2v) is 2.29. The van der Waals surface area contributed by atoms with Crippen molar-refractivity contribution >= 4 is 5.84 Å². The van der Waals surface area contributed by atoms with Crippen LogP contribution >= 0.6 is 0 Å². The van der Waals surface area contributed by atoms with Gasteiger partial charge in [-0.1, -0.05) is 0 Å². The zero-order chi connectivity index (χ0) is 8.43. The molecule has 0 atom stereocenters. The molecule has 1 heterocycles. The van der Waals surface area contributed by atoms with Crippen molar-refractivity contribution in [1.29, 1.82) is 5.41 Å². The highest BCUT2D eigenvalue weighted by Gasteiger charge is 2.04. The predicted molar refractivity (Wildman–Crippen MR) is 41.7 cm³/mol. The number of rotatable bonds is 1. The number of nitrogens with one attached hydrogen (secondary N) is 1. The second-order valence-electron chi connectivity index (χ2n) is 2.29. The van der Waals surface area contributed by atoms with Gasteiger partial charge in [0, 0.05) is 6.20 Å². The number of nitrogens with two attached hydrogens (primary N) is 1. The maximum Gasteiger partial charge on any atom is 0.146 e. The molecule has 0 unspecified atom stereocenters. The van der Waals surface area contributed by atoms with Crippen molar-refractivity contribution < 1.29 is 5.11 Å². The van der Waals surface area contributed by atoms with E-state index in [1.54, 1.807) is 13.1 Å². The van der Waals surface area contributed by atoms with Crippen LogP contribution < -0.4 is 5.73 Å². The van der Waals surface area contributed by atoms with Crippen molar-refractivity contribution in [3.63, 3.8) is 0 Å². The standard InChI is InChI=1S/C7H9N3O/c1-4-2-5(11)6(7(8)9)10-3-4/h2-3,11H,1H3,(H3,8,9). The fourth-order valence-electron chi connectivity index (χ4n) is 0.761. The highest BCUT2D eigenvalue weighted by Crippen LogP contribution is 2.13. The van der Waals surface area contributed by atoms with Crippen molar-refractivity contribution in [1.82, 2.24) is 4.98 Å². The lowest BCUT2D eigenvalue weighted by atomic mass is 10.2. The first kappa shape index (κ1) is 7.53. The number of hydrogen-bond acceptors (Lipinski definition) is 3. The normalized spacial score (nSPS) is 9.55. The molecule has 0 aliphatic heterocycles. The van der Waals surface area contributed by atoms with Crippen molar-refractivity contribution in [2.75, 3.05) is 0 Å². The number of nitrogen functional groups attached to an aromatic ring is 1. The molecule has 0 aromatic carbocycles. The molecular formula is C7H9N3O. The van der Waals surface area contributed by atoms with Crippen molar-refractivity contribution in [2.45, 2.75) is 6.92 Å². The Kier molecular flexibility index (Phi) is 1.76. The third-order valence-electron chi connectivity index (χ3n) is 1.26. The van der Waals surface area contributed by atoms with Crippen molar-refractivity contribution in [3.8, 4) is 5.75 Å². The van der Waals surface area contributed by atoms with Crippen LogP contribution in [-0.2, 0) is 0 Å². The van der Waals surface area contributed by atoms with Gasteiger partial charge in [0.1, 0.15) is 17.3 Å². The van der Waals surface area contributed by atoms with E-state index in [1.165, 1.54) is 6.07 Å². The Morgan fingerprint density at radius 2 is 2.36 bits per heavy atom. The van der Waals surface area contributed by atoms with Crippen molar-refractivity contribution in [2.24, 2.45) is 5.73 Å². The first-order valence-electron chi connectivity index (χ1n) is 3.11. The van der Waals surface area contributed by atoms with E-state index < -0.39 is 0 Å². The molecule has 0 fully saturated rings. The van der Waals surface area contributed by atoms with E-state index >= 15 is 0 Å². The van der Waals surface area contributed by atoms with E-state index in [-0.39, 0.29) is 17.3 Å². The molecule has 4 nitrogen and oxygen atoms in total. The van der Waals surface area contributed by atoms with E-state index in [0.29, 0.717) is 0 Å². The number of nitrogens with zero attached hydrogens (tertiary/aromatic N) is 1. The number of hydrogen-bond donors (Lipinski definition) is 3. The largest absolute Gasteiger partial charge is 0.506 e. The van der Waals surface area contributed by atoms with Gasteiger partial charge in [-0.2, -0.15) is 0 Å². The third-order valence-corrected chi connectivity index (χ3v) is 1.26. The van der Waals surface area contributed by atoms with E-state index in [2.05, 4.69) is 4.98 Å². The lowest BCUT2D eigenvalue weighted by Gasteiger charge is -2.00. The molecule has 0 aliphatic carbocycles. The van der Waals surface area contributed by atoms with Crippen LogP contribution in [0.2, 0.25) is 0 Å². The van der Waals surface area contributed by atoms with Gasteiger partial charge in [-0.05, 0) is 18.6 Å². The van der Waals surface area contributed by atoms with Crippen molar-refractivity contribution in [3.05, 3.63) is 23.5 Å². The number of aryl methyl sites for hydroxylation is 1. The minimum absolute atomic E-state index is 0.0440. The summed E-state index contributed by atoms with van der Waals surface area (Å²) >= 11 is 0. The molecule has 0 radical (unpaired) electrons. The highest BCUT2D eigenvalue weighted by molar-refractivity contribution is 5.95. The zero-order valence-electron chi connectivity index (χ0n) is 6.13. The van der Waals surface area contributed by atoms with Gasteiger partial charge < -0.3 is 10.8 Å². The van der Waals surface area contributed by atoms with Gasteiger partial charge >= 0.3 is 0 Å². The van der Waals surface area contributed by atoms with E-state index in [9.17, 15) is 5.11 Å². The van der Waals surface area contributed by atoms with Crippen LogP contribution in [0.1, 0.15) is 11.3 Å². The van der Waals surface area contributed by atoms with Gasteiger partial charge in [-0.25, -0.2) is 4.98 Å². The van der Waals surface area contributed by atoms with Gasteiger partial charge in [0.05, 0.1) is 0 Å². The molecular weight excluding hydrogens is 142 g/mol. The van der Waals surface area contributed by atoms with Crippen LogP contribution in [0.25, 0.3) is 0 Å². The maximum atomic E-state index is 9.18. The summed E-state index contributed by atoms with van der Waals surface area (Å²) in [5.74, 6) is -0.264. The molecule has 0 saturated carbocycles. The van der Waals surface area contributed by atoms with E-state index in [0.717, 1.165) is 5.56 Å². The molecule has 1 aromatic rings. The number of aromatic nitrogens is 1. The highest BCUT2D eigenvalue weighted by atomic mass is 16.3. The summed E-state index contributed by atoms with van der Waals surface area (Å²) in [5.41, 5.74) is 6.10. The first-order valence-corrected chi connectivity index (χ1v) is 3.11. The summed E-state index contributed by atoms with van der Waals surface area (Å²) in [6.45, 7) is 1.80. The summed E-state index contributed by atoms with van der Waals surface area (Å²) in [4.78, 5) is 3.78. The average Bonchev–Trinajstić information content (AvgIpc) is 1.85. The van der Waals surface area contributed by atoms with Crippen LogP contribution in [0, 0.1) is 12.3 Å². The third kappa shape index (κ3) is 1.46. The van der Waals surface area contributed by atoms with Gasteiger partial charge in [-0.15, -0.1) is 0 Å². The molecule has 4 heteroatoms. The summed E-state index contributed by atoms with van der Waals surface area (Å²) in [6.07, 6.45) is 1.55. The van der Waals surface area contributed by atoms with E-state index in [4.69, 9.17) is 11.1 Å². The number of aromatic hydroxyl groups is 1. The maximum absolute atomic E-state index is 9.18. The quantitative estimate of drug-likeness (QED) is 0.400. The van der Waals surface area contributed by atoms with Gasteiger partial charge in [0.15, 0.2) is 0 Å². The second kappa shape index (κ2) is 2.57. The zero-order valence-corrected chi connectivity index (χ0v) is 6.13. The van der Waals surface area contributed by atoms with Crippen LogP contribution in [0.4, 0.5) is 0 Å². The molecule has 0 amide bonds. The fraction of sp³-hybridized carbons (Fsp3) is 0.143. The van der Waals surface area contributed by atoms with Crippen LogP contribution in [-0.4, -0.2) is 15.9 Å². The molecule has 0 saturated heterocycles. The Labute approximate surface area is 64.2 Å². The summed E-state index contributed by atoms with van der Waals surface area (Å²) in [5, 5.41) is 16.2. The SMILES string of the molecule is Cc1cnc(C(=N)N)c(O)c1. The number of pyridine rings is 1. The van der Waals surface area contributed by atoms with Gasteiger partial charge in [0.25, 0.3) is 0 Å². The Morgan fingerprint density at radius 1 is 1.73 bits per heavy atom. The minimum Gasteiger partial charge on any atom is -0.506 e. The smallest absolute Gasteiger partial charge is 0.146 e. The van der Waals surface area contributed by atoms with Crippen LogP contribution in [0.15, 0.2) is 12.3 Å². The topological polar surface area (TPSA) is 83.0 Å². The summed E-state index contributed by atoms with van der Waals surface area (Å²) in [7, 11) is 0. The van der Waals surface area contributed by atoms with Crippen LogP contribution in [0.3, 0.4) is 0 Å². The Morgan fingerprint density at radius 3 is 2.82 bits per heavy atom. The Bertz CT molecular complexity index is 296. The molecule has 58 valence electrons. The Balaban J connectivity index is 3.20. The van der Waals surface area contributed by atoms with Crippen LogP contribution in [0.5, 0.6) is 5.75 Å². The molecule has 1 aromatic heterocycles. The molecule has 1 rings (SSSR count). The fourth-order valence-corrected chi connectivity index (χ4v) is 0.761. The lowest BCUT2D eigenvalue weighted by molar-refractivity contribution is 0.470. The average molecular weight is 151 g/mol. The monoisotopic (exact) mass is 151 g/mol. The Hall–Kier alpha value is -1.58. The predicted octanol–water partition coefficient (Wildman–Crippen LogP) is 0.380. The minimum atomic E-state index is -0.220. The summed E-state index contributed by atoms with van der Waals surface area (Å²) < 4.78 is 0. The van der Waals surface area contributed by atoms with Gasteiger partial charge in [-0.3, -0.25) is 5.41 Å². The molecule has 4 N–H and O–H groups in total. The first-order chi connectivity index (χ1) is 5.11. The number of amidine groups is 1. The lowest BCUT2D eigenvalue weighted by Crippen LogP contribution is -2.13. The van der Waals surface area contributed by atoms with Gasteiger partial charge in [0.2, 0.25) is 0 Å². The molecule has 11 heavy (non-hydrogen) atoms. The molecule has 0 spiro atoms. The van der Waals surface area contributed by atoms with E-state index in [1.807, 2.05) is 0 Å². The summed E-state index contributed by atoms with van der Waals surface area (Å²) in [6, 6.07) is 1.52. The molecule has 0 aliphatic rings. The molecule has 0 bridgehead atoms.